The smallest absolute Gasteiger partial charge is 0.322 e. The first-order chi connectivity index (χ1) is 12.5. The number of hydrogen-bond donors (Lipinski definition) is 2. The Morgan fingerprint density at radius 2 is 1.85 bits per heavy atom. The van der Waals surface area contributed by atoms with Crippen molar-refractivity contribution in [1.29, 1.82) is 0 Å². The summed E-state index contributed by atoms with van der Waals surface area (Å²) in [4.78, 5) is 26.3. The Balaban J connectivity index is 1.97. The Morgan fingerprint density at radius 1 is 1.12 bits per heavy atom. The summed E-state index contributed by atoms with van der Waals surface area (Å²) in [5.41, 5.74) is 1.82. The molecule has 26 heavy (non-hydrogen) atoms. The van der Waals surface area contributed by atoms with Crippen LogP contribution in [0.1, 0.15) is 37.5 Å². The third kappa shape index (κ3) is 6.23. The Kier molecular flexibility index (Phi) is 7.20. The molecule has 7 nitrogen and oxygen atoms in total. The topological polar surface area (TPSA) is 87.5 Å². The number of hydrogen-bond acceptors (Lipinski definition) is 4. The number of nitrogens with one attached hydrogen (secondary N) is 2. The van der Waals surface area contributed by atoms with E-state index in [0.29, 0.717) is 23.8 Å². The molecule has 0 aliphatic heterocycles. The lowest BCUT2D eigenvalue weighted by molar-refractivity contribution is -0.116. The van der Waals surface area contributed by atoms with Gasteiger partial charge in [0.2, 0.25) is 5.91 Å². The second kappa shape index (κ2) is 9.60. The molecule has 0 saturated carbocycles. The summed E-state index contributed by atoms with van der Waals surface area (Å²) < 4.78 is 4.93. The van der Waals surface area contributed by atoms with Crippen LogP contribution in [0.4, 0.5) is 16.3 Å². The number of unbranched alkanes of at least 4 members (excludes halogenated alkanes) is 2. The number of benzene rings is 1. The molecule has 0 aliphatic carbocycles. The highest BCUT2D eigenvalue weighted by molar-refractivity contribution is 5.96. The van der Waals surface area contributed by atoms with E-state index in [1.165, 1.54) is 4.90 Å². The van der Waals surface area contributed by atoms with Gasteiger partial charge < -0.3 is 20.1 Å². The third-order valence-electron chi connectivity index (χ3n) is 3.85. The van der Waals surface area contributed by atoms with E-state index < -0.39 is 0 Å². The average Bonchev–Trinajstić information content (AvgIpc) is 3.01. The number of carbonyl (C=O) groups excluding carboxylic acids is 2. The molecule has 2 rings (SSSR count). The Labute approximate surface area is 153 Å². The van der Waals surface area contributed by atoms with E-state index in [4.69, 9.17) is 4.52 Å². The van der Waals surface area contributed by atoms with E-state index in [1.54, 1.807) is 13.0 Å². The van der Waals surface area contributed by atoms with Crippen LogP contribution in [0.2, 0.25) is 0 Å². The number of anilines is 2. The standard InChI is InChI=1S/C19H26N4O3/c1-4-5-6-11-23(13-18(24)21-17-12-15(3)26-22-17)19(25)20-16-9-7-14(2)8-10-16/h7-10,12H,4-6,11,13H2,1-3H3,(H,20,25)(H,21,22,24). The van der Waals surface area contributed by atoms with Gasteiger partial charge in [-0.05, 0) is 32.4 Å². The second-order valence-electron chi connectivity index (χ2n) is 6.30. The number of carbonyl (C=O) groups is 2. The van der Waals surface area contributed by atoms with Crippen LogP contribution in [-0.2, 0) is 4.79 Å². The van der Waals surface area contributed by atoms with Crippen LogP contribution in [0, 0.1) is 13.8 Å². The van der Waals surface area contributed by atoms with Gasteiger partial charge in [-0.1, -0.05) is 42.6 Å². The lowest BCUT2D eigenvalue weighted by Crippen LogP contribution is -2.41. The zero-order chi connectivity index (χ0) is 18.9. The predicted octanol–water partition coefficient (Wildman–Crippen LogP) is 3.95. The molecule has 0 fully saturated rings. The molecule has 3 amide bonds. The molecule has 0 atom stereocenters. The first kappa shape index (κ1) is 19.5. The lowest BCUT2D eigenvalue weighted by atomic mass is 10.2. The van der Waals surface area contributed by atoms with Gasteiger partial charge >= 0.3 is 6.03 Å². The lowest BCUT2D eigenvalue weighted by Gasteiger charge is -2.22. The molecule has 0 spiro atoms. The summed E-state index contributed by atoms with van der Waals surface area (Å²) in [5.74, 6) is 0.644. The summed E-state index contributed by atoms with van der Waals surface area (Å²) in [6.07, 6.45) is 2.88. The van der Waals surface area contributed by atoms with Gasteiger partial charge in [0.25, 0.3) is 0 Å². The van der Waals surface area contributed by atoms with Crippen molar-refractivity contribution in [3.05, 3.63) is 41.7 Å². The SMILES string of the molecule is CCCCCN(CC(=O)Nc1cc(C)on1)C(=O)Nc1ccc(C)cc1. The molecule has 0 aliphatic rings. The zero-order valence-electron chi connectivity index (χ0n) is 15.5. The summed E-state index contributed by atoms with van der Waals surface area (Å²) in [7, 11) is 0. The normalized spacial score (nSPS) is 10.4. The van der Waals surface area contributed by atoms with Crippen LogP contribution in [0.15, 0.2) is 34.9 Å². The molecule has 140 valence electrons. The number of nitrogens with zero attached hydrogens (tertiary/aromatic N) is 2. The van der Waals surface area contributed by atoms with Crippen molar-refractivity contribution in [3.8, 4) is 0 Å². The van der Waals surface area contributed by atoms with Gasteiger partial charge in [-0.2, -0.15) is 0 Å². The molecule has 0 unspecified atom stereocenters. The Morgan fingerprint density at radius 3 is 2.46 bits per heavy atom. The molecule has 2 aromatic rings. The maximum Gasteiger partial charge on any atom is 0.322 e. The minimum atomic E-state index is -0.311. The van der Waals surface area contributed by atoms with Crippen molar-refractivity contribution < 1.29 is 14.1 Å². The van der Waals surface area contributed by atoms with Crippen LogP contribution in [0.3, 0.4) is 0 Å². The van der Waals surface area contributed by atoms with E-state index in [-0.39, 0.29) is 18.5 Å². The van der Waals surface area contributed by atoms with Gasteiger partial charge in [-0.15, -0.1) is 0 Å². The van der Waals surface area contributed by atoms with Crippen molar-refractivity contribution in [1.82, 2.24) is 10.1 Å². The molecular weight excluding hydrogens is 332 g/mol. The Bertz CT molecular complexity index is 725. The molecule has 0 radical (unpaired) electrons. The maximum absolute atomic E-state index is 12.6. The first-order valence-electron chi connectivity index (χ1n) is 8.83. The number of amides is 3. The number of urea groups is 1. The van der Waals surface area contributed by atoms with E-state index in [1.807, 2.05) is 31.2 Å². The largest absolute Gasteiger partial charge is 0.360 e. The average molecular weight is 358 g/mol. The van der Waals surface area contributed by atoms with Gasteiger partial charge in [-0.25, -0.2) is 4.79 Å². The van der Waals surface area contributed by atoms with Crippen LogP contribution in [-0.4, -0.2) is 35.1 Å². The van der Waals surface area contributed by atoms with Gasteiger partial charge in [0.15, 0.2) is 5.82 Å². The number of aryl methyl sites for hydroxylation is 2. The fourth-order valence-electron chi connectivity index (χ4n) is 2.43. The number of aromatic nitrogens is 1. The van der Waals surface area contributed by atoms with Gasteiger partial charge in [0.05, 0.1) is 0 Å². The molecule has 1 aromatic carbocycles. The maximum atomic E-state index is 12.6. The van der Waals surface area contributed by atoms with Crippen molar-refractivity contribution >= 4 is 23.4 Å². The fraction of sp³-hybridized carbons (Fsp3) is 0.421. The fourth-order valence-corrected chi connectivity index (χ4v) is 2.43. The molecule has 0 saturated heterocycles. The highest BCUT2D eigenvalue weighted by Gasteiger charge is 2.18. The molecule has 7 heteroatoms. The van der Waals surface area contributed by atoms with Crippen molar-refractivity contribution in [2.45, 2.75) is 40.0 Å². The van der Waals surface area contributed by atoms with Gasteiger partial charge in [0, 0.05) is 18.3 Å². The summed E-state index contributed by atoms with van der Waals surface area (Å²) in [6, 6.07) is 8.88. The number of rotatable bonds is 8. The van der Waals surface area contributed by atoms with Crippen molar-refractivity contribution in [3.63, 3.8) is 0 Å². The van der Waals surface area contributed by atoms with Crippen LogP contribution in [0.5, 0.6) is 0 Å². The van der Waals surface area contributed by atoms with Crippen molar-refractivity contribution in [2.75, 3.05) is 23.7 Å². The highest BCUT2D eigenvalue weighted by atomic mass is 16.5. The van der Waals surface area contributed by atoms with E-state index in [0.717, 1.165) is 24.8 Å². The molecule has 2 N–H and O–H groups in total. The van der Waals surface area contributed by atoms with Gasteiger partial charge in [0.1, 0.15) is 12.3 Å². The van der Waals surface area contributed by atoms with E-state index in [9.17, 15) is 9.59 Å². The minimum Gasteiger partial charge on any atom is -0.360 e. The molecular formula is C19H26N4O3. The molecule has 0 bridgehead atoms. The quantitative estimate of drug-likeness (QED) is 0.699. The summed E-state index contributed by atoms with van der Waals surface area (Å²) >= 11 is 0. The van der Waals surface area contributed by atoms with Crippen LogP contribution < -0.4 is 10.6 Å². The third-order valence-corrected chi connectivity index (χ3v) is 3.85. The Hall–Kier alpha value is -2.83. The van der Waals surface area contributed by atoms with Gasteiger partial charge in [-0.3, -0.25) is 4.79 Å². The predicted molar refractivity (Wildman–Crippen MR) is 101 cm³/mol. The van der Waals surface area contributed by atoms with Crippen LogP contribution in [0.25, 0.3) is 0 Å². The molecule has 1 heterocycles. The zero-order valence-corrected chi connectivity index (χ0v) is 15.5. The van der Waals surface area contributed by atoms with E-state index in [2.05, 4.69) is 22.7 Å². The molecule has 1 aromatic heterocycles. The van der Waals surface area contributed by atoms with Crippen molar-refractivity contribution in [2.24, 2.45) is 0 Å². The first-order valence-corrected chi connectivity index (χ1v) is 8.83. The monoisotopic (exact) mass is 358 g/mol. The summed E-state index contributed by atoms with van der Waals surface area (Å²) in [5, 5.41) is 9.22. The summed E-state index contributed by atoms with van der Waals surface area (Å²) in [6.45, 7) is 6.29. The van der Waals surface area contributed by atoms with E-state index >= 15 is 0 Å². The highest BCUT2D eigenvalue weighted by Crippen LogP contribution is 2.11. The minimum absolute atomic E-state index is 0.0483. The van der Waals surface area contributed by atoms with Crippen LogP contribution >= 0.6 is 0 Å². The second-order valence-corrected chi connectivity index (χ2v) is 6.30.